The van der Waals surface area contributed by atoms with Crippen LogP contribution in [0.2, 0.25) is 0 Å². The molecule has 1 fully saturated rings. The van der Waals surface area contributed by atoms with Gasteiger partial charge in [-0.1, -0.05) is 0 Å². The smallest absolute Gasteiger partial charge is 0.239 e. The maximum atomic E-state index is 10.7. The Morgan fingerprint density at radius 2 is 2.33 bits per heavy atom. The van der Waals surface area contributed by atoms with Crippen LogP contribution in [-0.2, 0) is 4.79 Å². The van der Waals surface area contributed by atoms with Gasteiger partial charge in [-0.25, -0.2) is 5.84 Å². The Morgan fingerprint density at radius 1 is 1.78 bits per heavy atom. The molecule has 1 rings (SSSR count). The van der Waals surface area contributed by atoms with E-state index in [0.29, 0.717) is 0 Å². The minimum absolute atomic E-state index is 0.0481. The lowest BCUT2D eigenvalue weighted by Gasteiger charge is -2.34. The lowest BCUT2D eigenvalue weighted by atomic mass is 10.0. The van der Waals surface area contributed by atoms with Crippen molar-refractivity contribution in [2.75, 3.05) is 20.1 Å². The SMILES string of the molecule is CN1CC(C(=O)NN)C1. The van der Waals surface area contributed by atoms with Gasteiger partial charge in [0.05, 0.1) is 5.92 Å². The normalized spacial score (nSPS) is 21.1. The van der Waals surface area contributed by atoms with Crippen LogP contribution >= 0.6 is 0 Å². The zero-order valence-electron chi connectivity index (χ0n) is 5.42. The van der Waals surface area contributed by atoms with E-state index in [-0.39, 0.29) is 11.8 Å². The third-order valence-electron chi connectivity index (χ3n) is 1.58. The molecule has 9 heavy (non-hydrogen) atoms. The van der Waals surface area contributed by atoms with Crippen molar-refractivity contribution in [3.05, 3.63) is 0 Å². The van der Waals surface area contributed by atoms with E-state index >= 15 is 0 Å². The molecule has 1 heterocycles. The Labute approximate surface area is 54.0 Å². The van der Waals surface area contributed by atoms with Crippen LogP contribution in [0, 0.1) is 5.92 Å². The Morgan fingerprint density at radius 3 is 2.67 bits per heavy atom. The van der Waals surface area contributed by atoms with E-state index in [0.717, 1.165) is 13.1 Å². The van der Waals surface area contributed by atoms with Gasteiger partial charge in [0.1, 0.15) is 0 Å². The lowest BCUT2D eigenvalue weighted by Crippen LogP contribution is -2.52. The van der Waals surface area contributed by atoms with Crippen molar-refractivity contribution in [2.24, 2.45) is 11.8 Å². The van der Waals surface area contributed by atoms with Gasteiger partial charge in [0.25, 0.3) is 0 Å². The van der Waals surface area contributed by atoms with Crippen molar-refractivity contribution in [3.8, 4) is 0 Å². The molecule has 1 aliphatic rings. The summed E-state index contributed by atoms with van der Waals surface area (Å²) in [6, 6.07) is 0. The summed E-state index contributed by atoms with van der Waals surface area (Å²) in [5.41, 5.74) is 2.12. The number of carbonyl (C=O) groups is 1. The third-order valence-corrected chi connectivity index (χ3v) is 1.58. The standard InChI is InChI=1S/C5H11N3O/c1-8-2-4(3-8)5(9)7-6/h4H,2-3,6H2,1H3,(H,7,9). The Hall–Kier alpha value is -0.610. The van der Waals surface area contributed by atoms with Gasteiger partial charge >= 0.3 is 0 Å². The van der Waals surface area contributed by atoms with Crippen molar-refractivity contribution in [3.63, 3.8) is 0 Å². The van der Waals surface area contributed by atoms with Crippen LogP contribution in [0.5, 0.6) is 0 Å². The first kappa shape index (κ1) is 6.51. The molecule has 4 nitrogen and oxygen atoms in total. The minimum Gasteiger partial charge on any atom is -0.305 e. The monoisotopic (exact) mass is 129 g/mol. The average molecular weight is 129 g/mol. The Balaban J connectivity index is 2.23. The quantitative estimate of drug-likeness (QED) is 0.258. The highest BCUT2D eigenvalue weighted by atomic mass is 16.2. The molecule has 0 aliphatic carbocycles. The van der Waals surface area contributed by atoms with Gasteiger partial charge < -0.3 is 4.90 Å². The number of hydrazine groups is 1. The van der Waals surface area contributed by atoms with Gasteiger partial charge in [-0.05, 0) is 7.05 Å². The fraction of sp³-hybridized carbons (Fsp3) is 0.800. The summed E-state index contributed by atoms with van der Waals surface area (Å²) in [5, 5.41) is 0. The van der Waals surface area contributed by atoms with Crippen molar-refractivity contribution >= 4 is 5.91 Å². The van der Waals surface area contributed by atoms with Crippen LogP contribution in [0.15, 0.2) is 0 Å². The number of rotatable bonds is 1. The molecule has 1 saturated heterocycles. The molecule has 1 amide bonds. The molecule has 3 N–H and O–H groups in total. The predicted molar refractivity (Wildman–Crippen MR) is 33.3 cm³/mol. The molecule has 0 unspecified atom stereocenters. The summed E-state index contributed by atoms with van der Waals surface area (Å²) < 4.78 is 0. The molecular weight excluding hydrogens is 118 g/mol. The van der Waals surface area contributed by atoms with Crippen LogP contribution in [0.4, 0.5) is 0 Å². The number of hydrogen-bond donors (Lipinski definition) is 2. The van der Waals surface area contributed by atoms with Crippen LogP contribution in [0.25, 0.3) is 0 Å². The van der Waals surface area contributed by atoms with Crippen molar-refractivity contribution < 1.29 is 4.79 Å². The van der Waals surface area contributed by atoms with Crippen LogP contribution in [0.3, 0.4) is 0 Å². The van der Waals surface area contributed by atoms with Gasteiger partial charge in [0.2, 0.25) is 5.91 Å². The maximum Gasteiger partial charge on any atom is 0.239 e. The highest BCUT2D eigenvalue weighted by molar-refractivity contribution is 5.79. The van der Waals surface area contributed by atoms with Crippen molar-refractivity contribution in [1.29, 1.82) is 0 Å². The highest BCUT2D eigenvalue weighted by Crippen LogP contribution is 2.11. The minimum atomic E-state index is -0.0481. The largest absolute Gasteiger partial charge is 0.305 e. The first-order valence-corrected chi connectivity index (χ1v) is 2.93. The van der Waals surface area contributed by atoms with Gasteiger partial charge in [0.15, 0.2) is 0 Å². The maximum absolute atomic E-state index is 10.7. The van der Waals surface area contributed by atoms with E-state index in [2.05, 4.69) is 10.3 Å². The topological polar surface area (TPSA) is 58.4 Å². The number of nitrogens with one attached hydrogen (secondary N) is 1. The van der Waals surface area contributed by atoms with E-state index in [9.17, 15) is 4.79 Å². The summed E-state index contributed by atoms with van der Waals surface area (Å²) in [4.78, 5) is 12.7. The number of likely N-dealkylation sites (tertiary alicyclic amines) is 1. The summed E-state index contributed by atoms with van der Waals surface area (Å²) in [7, 11) is 1.97. The molecule has 0 bridgehead atoms. The fourth-order valence-electron chi connectivity index (χ4n) is 0.983. The molecule has 1 aliphatic heterocycles. The Bertz CT molecular complexity index is 119. The molecule has 0 aromatic carbocycles. The predicted octanol–water partition coefficient (Wildman–Crippen LogP) is -1.46. The van der Waals surface area contributed by atoms with E-state index in [1.54, 1.807) is 0 Å². The highest BCUT2D eigenvalue weighted by Gasteiger charge is 2.28. The number of nitrogens with two attached hydrogens (primary N) is 1. The van der Waals surface area contributed by atoms with E-state index < -0.39 is 0 Å². The molecule has 0 aromatic heterocycles. The third kappa shape index (κ3) is 1.20. The molecule has 0 spiro atoms. The van der Waals surface area contributed by atoms with Crippen LogP contribution in [0.1, 0.15) is 0 Å². The molecule has 0 radical (unpaired) electrons. The molecular formula is C5H11N3O. The van der Waals surface area contributed by atoms with Gasteiger partial charge in [-0.2, -0.15) is 0 Å². The van der Waals surface area contributed by atoms with Crippen molar-refractivity contribution in [1.82, 2.24) is 10.3 Å². The lowest BCUT2D eigenvalue weighted by molar-refractivity contribution is -0.129. The Kier molecular flexibility index (Phi) is 1.68. The second kappa shape index (κ2) is 2.33. The van der Waals surface area contributed by atoms with Crippen molar-refractivity contribution in [2.45, 2.75) is 0 Å². The molecule has 0 aromatic rings. The van der Waals surface area contributed by atoms with E-state index in [4.69, 9.17) is 5.84 Å². The van der Waals surface area contributed by atoms with Gasteiger partial charge in [-0.15, -0.1) is 0 Å². The zero-order valence-corrected chi connectivity index (χ0v) is 5.42. The zero-order chi connectivity index (χ0) is 6.85. The first-order valence-electron chi connectivity index (χ1n) is 2.93. The summed E-state index contributed by atoms with van der Waals surface area (Å²) in [5.74, 6) is 4.99. The molecule has 0 atom stereocenters. The first-order chi connectivity index (χ1) is 4.24. The summed E-state index contributed by atoms with van der Waals surface area (Å²) in [6.07, 6.45) is 0. The summed E-state index contributed by atoms with van der Waals surface area (Å²) >= 11 is 0. The second-order valence-electron chi connectivity index (χ2n) is 2.43. The second-order valence-corrected chi connectivity index (χ2v) is 2.43. The molecule has 0 saturated carbocycles. The van der Waals surface area contributed by atoms with Gasteiger partial charge in [0, 0.05) is 13.1 Å². The number of nitrogens with zero attached hydrogens (tertiary/aromatic N) is 1. The fourth-order valence-corrected chi connectivity index (χ4v) is 0.983. The summed E-state index contributed by atoms with van der Waals surface area (Å²) in [6.45, 7) is 1.67. The molecule has 4 heteroatoms. The van der Waals surface area contributed by atoms with E-state index in [1.807, 2.05) is 7.05 Å². The van der Waals surface area contributed by atoms with Gasteiger partial charge in [-0.3, -0.25) is 10.2 Å². The number of hydrogen-bond acceptors (Lipinski definition) is 3. The number of amides is 1. The molecule has 52 valence electrons. The van der Waals surface area contributed by atoms with E-state index in [1.165, 1.54) is 0 Å². The average Bonchev–Trinajstić information content (AvgIpc) is 1.79. The van der Waals surface area contributed by atoms with Crippen LogP contribution < -0.4 is 11.3 Å². The number of carbonyl (C=O) groups excluding carboxylic acids is 1. The van der Waals surface area contributed by atoms with Crippen LogP contribution in [-0.4, -0.2) is 30.9 Å².